The molecule has 0 unspecified atom stereocenters. The van der Waals surface area contributed by atoms with E-state index in [0.717, 1.165) is 17.7 Å². The molecule has 1 amide bonds. The van der Waals surface area contributed by atoms with E-state index >= 15 is 0 Å². The van der Waals surface area contributed by atoms with Crippen molar-refractivity contribution >= 4 is 11.6 Å². The lowest BCUT2D eigenvalue weighted by Gasteiger charge is -2.18. The van der Waals surface area contributed by atoms with Crippen LogP contribution in [0.4, 0.5) is 18.9 Å². The quantitative estimate of drug-likeness (QED) is 0.840. The molecular weight excluding hydrogens is 279 g/mol. The summed E-state index contributed by atoms with van der Waals surface area (Å²) in [6.07, 6.45) is -4.16. The second-order valence-electron chi connectivity index (χ2n) is 4.66. The SMILES string of the molecule is CN(C(=O)Cc1ccccc1)c1ccc(C(F)(F)F)cc1. The smallest absolute Gasteiger partial charge is 0.315 e. The number of amides is 1. The normalized spacial score (nSPS) is 11.2. The lowest BCUT2D eigenvalue weighted by molar-refractivity contribution is -0.137. The summed E-state index contributed by atoms with van der Waals surface area (Å²) in [7, 11) is 1.55. The highest BCUT2D eigenvalue weighted by molar-refractivity contribution is 5.94. The molecule has 0 aromatic heterocycles. The fourth-order valence-electron chi connectivity index (χ4n) is 1.91. The number of benzene rings is 2. The van der Waals surface area contributed by atoms with Gasteiger partial charge < -0.3 is 4.90 Å². The Morgan fingerprint density at radius 2 is 1.57 bits per heavy atom. The van der Waals surface area contributed by atoms with Crippen molar-refractivity contribution in [1.82, 2.24) is 0 Å². The van der Waals surface area contributed by atoms with Crippen LogP contribution in [0.15, 0.2) is 54.6 Å². The Morgan fingerprint density at radius 3 is 2.10 bits per heavy atom. The summed E-state index contributed by atoms with van der Waals surface area (Å²) in [4.78, 5) is 13.5. The third-order valence-electron chi connectivity index (χ3n) is 3.15. The molecule has 0 aliphatic heterocycles. The van der Waals surface area contributed by atoms with Gasteiger partial charge in [-0.2, -0.15) is 13.2 Å². The second-order valence-corrected chi connectivity index (χ2v) is 4.66. The van der Waals surface area contributed by atoms with Crippen LogP contribution in [0.2, 0.25) is 0 Å². The van der Waals surface area contributed by atoms with Crippen LogP contribution in [-0.4, -0.2) is 13.0 Å². The van der Waals surface area contributed by atoms with Gasteiger partial charge in [-0.05, 0) is 29.8 Å². The summed E-state index contributed by atoms with van der Waals surface area (Å²) >= 11 is 0. The maximum absolute atomic E-state index is 12.5. The number of likely N-dealkylation sites (N-methyl/N-ethyl adjacent to an activating group) is 1. The van der Waals surface area contributed by atoms with Gasteiger partial charge >= 0.3 is 6.18 Å². The Labute approximate surface area is 120 Å². The summed E-state index contributed by atoms with van der Waals surface area (Å²) in [5, 5.41) is 0. The van der Waals surface area contributed by atoms with Crippen molar-refractivity contribution in [2.75, 3.05) is 11.9 Å². The molecule has 2 nitrogen and oxygen atoms in total. The molecule has 0 bridgehead atoms. The van der Waals surface area contributed by atoms with Crippen molar-refractivity contribution < 1.29 is 18.0 Å². The molecule has 0 fully saturated rings. The molecule has 0 saturated heterocycles. The zero-order valence-electron chi connectivity index (χ0n) is 11.4. The van der Waals surface area contributed by atoms with E-state index in [-0.39, 0.29) is 12.3 Å². The highest BCUT2D eigenvalue weighted by Crippen LogP contribution is 2.30. The van der Waals surface area contributed by atoms with Crippen LogP contribution in [0.1, 0.15) is 11.1 Å². The number of nitrogens with zero attached hydrogens (tertiary/aromatic N) is 1. The van der Waals surface area contributed by atoms with E-state index in [4.69, 9.17) is 0 Å². The first-order chi connectivity index (χ1) is 9.88. The Bertz CT molecular complexity index is 606. The largest absolute Gasteiger partial charge is 0.416 e. The fraction of sp³-hybridized carbons (Fsp3) is 0.188. The molecule has 0 atom stereocenters. The van der Waals surface area contributed by atoms with E-state index in [1.54, 1.807) is 7.05 Å². The first-order valence-electron chi connectivity index (χ1n) is 6.35. The zero-order chi connectivity index (χ0) is 15.5. The average Bonchev–Trinajstić information content (AvgIpc) is 2.46. The molecule has 2 rings (SSSR count). The van der Waals surface area contributed by atoms with Crippen molar-refractivity contribution in [3.05, 3.63) is 65.7 Å². The maximum Gasteiger partial charge on any atom is 0.416 e. The van der Waals surface area contributed by atoms with Crippen LogP contribution >= 0.6 is 0 Å². The predicted molar refractivity (Wildman–Crippen MR) is 75.0 cm³/mol. The Morgan fingerprint density at radius 1 is 1.00 bits per heavy atom. The molecule has 2 aromatic carbocycles. The van der Waals surface area contributed by atoms with E-state index in [9.17, 15) is 18.0 Å². The van der Waals surface area contributed by atoms with Gasteiger partial charge in [0.1, 0.15) is 0 Å². The van der Waals surface area contributed by atoms with E-state index in [1.165, 1.54) is 17.0 Å². The number of carbonyl (C=O) groups is 1. The number of carbonyl (C=O) groups excluding carboxylic acids is 1. The molecule has 0 saturated carbocycles. The first-order valence-corrected chi connectivity index (χ1v) is 6.35. The van der Waals surface area contributed by atoms with Gasteiger partial charge in [0.2, 0.25) is 5.91 Å². The molecule has 110 valence electrons. The molecule has 0 N–H and O–H groups in total. The monoisotopic (exact) mass is 293 g/mol. The van der Waals surface area contributed by atoms with Gasteiger partial charge in [0.15, 0.2) is 0 Å². The molecule has 21 heavy (non-hydrogen) atoms. The van der Waals surface area contributed by atoms with Crippen molar-refractivity contribution in [3.8, 4) is 0 Å². The van der Waals surface area contributed by atoms with E-state index in [0.29, 0.717) is 5.69 Å². The summed E-state index contributed by atoms with van der Waals surface area (Å²) in [5.41, 5.74) is 0.570. The number of halogens is 3. The summed E-state index contributed by atoms with van der Waals surface area (Å²) < 4.78 is 37.5. The van der Waals surface area contributed by atoms with Crippen LogP contribution in [0, 0.1) is 0 Å². The molecule has 0 heterocycles. The van der Waals surface area contributed by atoms with Crippen molar-refractivity contribution in [3.63, 3.8) is 0 Å². The highest BCUT2D eigenvalue weighted by atomic mass is 19.4. The lowest BCUT2D eigenvalue weighted by Crippen LogP contribution is -2.27. The highest BCUT2D eigenvalue weighted by Gasteiger charge is 2.30. The molecule has 2 aromatic rings. The molecule has 0 aliphatic carbocycles. The van der Waals surface area contributed by atoms with Gasteiger partial charge in [0.25, 0.3) is 0 Å². The zero-order valence-corrected chi connectivity index (χ0v) is 11.4. The average molecular weight is 293 g/mol. The number of hydrogen-bond acceptors (Lipinski definition) is 1. The van der Waals surface area contributed by atoms with E-state index in [1.807, 2.05) is 30.3 Å². The number of alkyl halides is 3. The summed E-state index contributed by atoms with van der Waals surface area (Å²) in [5.74, 6) is -0.180. The molecule has 5 heteroatoms. The number of anilines is 1. The van der Waals surface area contributed by atoms with Gasteiger partial charge in [0, 0.05) is 12.7 Å². The third-order valence-corrected chi connectivity index (χ3v) is 3.15. The van der Waals surface area contributed by atoms with Gasteiger partial charge in [0.05, 0.1) is 12.0 Å². The van der Waals surface area contributed by atoms with Gasteiger partial charge in [-0.25, -0.2) is 0 Å². The minimum atomic E-state index is -4.37. The van der Waals surface area contributed by atoms with E-state index in [2.05, 4.69) is 0 Å². The standard InChI is InChI=1S/C16H14F3NO/c1-20(15(21)11-12-5-3-2-4-6-12)14-9-7-13(8-10-14)16(17,18)19/h2-10H,11H2,1H3. The van der Waals surface area contributed by atoms with Gasteiger partial charge in [-0.15, -0.1) is 0 Å². The Kier molecular flexibility index (Phi) is 4.31. The second kappa shape index (κ2) is 5.99. The topological polar surface area (TPSA) is 20.3 Å². The first kappa shape index (κ1) is 15.1. The molecule has 0 radical (unpaired) electrons. The van der Waals surface area contributed by atoms with Crippen molar-refractivity contribution in [2.24, 2.45) is 0 Å². The summed E-state index contributed by atoms with van der Waals surface area (Å²) in [6.45, 7) is 0. The van der Waals surface area contributed by atoms with Crippen LogP contribution in [-0.2, 0) is 17.4 Å². The Hall–Kier alpha value is -2.30. The van der Waals surface area contributed by atoms with Crippen LogP contribution in [0.5, 0.6) is 0 Å². The van der Waals surface area contributed by atoms with Crippen LogP contribution < -0.4 is 4.90 Å². The minimum absolute atomic E-state index is 0.180. The predicted octanol–water partition coefficient (Wildman–Crippen LogP) is 3.91. The maximum atomic E-state index is 12.5. The van der Waals surface area contributed by atoms with Crippen LogP contribution in [0.3, 0.4) is 0 Å². The van der Waals surface area contributed by atoms with Crippen LogP contribution in [0.25, 0.3) is 0 Å². The third kappa shape index (κ3) is 3.84. The fourth-order valence-corrected chi connectivity index (χ4v) is 1.91. The number of rotatable bonds is 3. The number of hydrogen-bond donors (Lipinski definition) is 0. The molecule has 0 spiro atoms. The van der Waals surface area contributed by atoms with Crippen molar-refractivity contribution in [1.29, 1.82) is 0 Å². The summed E-state index contributed by atoms with van der Waals surface area (Å²) in [6, 6.07) is 13.7. The van der Waals surface area contributed by atoms with Crippen molar-refractivity contribution in [2.45, 2.75) is 12.6 Å². The molecular formula is C16H14F3NO. The minimum Gasteiger partial charge on any atom is -0.315 e. The van der Waals surface area contributed by atoms with Gasteiger partial charge in [-0.3, -0.25) is 4.79 Å². The Balaban J connectivity index is 2.09. The molecule has 0 aliphatic rings. The van der Waals surface area contributed by atoms with E-state index < -0.39 is 11.7 Å². The lowest BCUT2D eigenvalue weighted by atomic mass is 10.1. The van der Waals surface area contributed by atoms with Gasteiger partial charge in [-0.1, -0.05) is 30.3 Å².